The fourth-order valence-electron chi connectivity index (χ4n) is 1.31. The first kappa shape index (κ1) is 13.8. The van der Waals surface area contributed by atoms with Crippen molar-refractivity contribution in [2.45, 2.75) is 11.9 Å². The smallest absolute Gasteiger partial charge is 0.292 e. The molecule has 0 aromatic heterocycles. The van der Waals surface area contributed by atoms with Crippen molar-refractivity contribution in [3.05, 3.63) is 23.8 Å². The molecule has 0 unspecified atom stereocenters. The highest BCUT2D eigenvalue weighted by atomic mass is 32.2. The summed E-state index contributed by atoms with van der Waals surface area (Å²) in [5, 5.41) is 9.22. The normalized spacial score (nSPS) is 13.2. The summed E-state index contributed by atoms with van der Waals surface area (Å²) in [6.45, 7) is 0. The molecule has 7 heteroatoms. The van der Waals surface area contributed by atoms with E-state index in [9.17, 15) is 13.5 Å². The molecule has 1 rings (SSSR count). The predicted molar refractivity (Wildman–Crippen MR) is 60.8 cm³/mol. The molecule has 0 spiro atoms. The van der Waals surface area contributed by atoms with Crippen LogP contribution in [0.2, 0.25) is 0 Å². The van der Waals surface area contributed by atoms with E-state index in [1.165, 1.54) is 20.3 Å². The van der Waals surface area contributed by atoms with E-state index in [0.29, 0.717) is 17.1 Å². The van der Waals surface area contributed by atoms with E-state index in [-0.39, 0.29) is 6.42 Å². The number of hydrogen-bond acceptors (Lipinski definition) is 5. The summed E-state index contributed by atoms with van der Waals surface area (Å²) in [6, 6.07) is 4.70. The fourth-order valence-corrected chi connectivity index (χ4v) is 1.72. The molecular formula is C10H14O6S. The molecule has 1 aromatic rings. The summed E-state index contributed by atoms with van der Waals surface area (Å²) in [7, 11) is -1.53. The van der Waals surface area contributed by atoms with Gasteiger partial charge in [0.05, 0.1) is 14.2 Å². The van der Waals surface area contributed by atoms with Crippen LogP contribution in [0.5, 0.6) is 11.5 Å². The molecule has 0 bridgehead atoms. The van der Waals surface area contributed by atoms with Gasteiger partial charge in [-0.2, -0.15) is 8.42 Å². The minimum absolute atomic E-state index is 0.223. The SMILES string of the molecule is COc1ccc(C[C@@H](O)S(=O)(=O)O)cc1OC. The molecule has 0 radical (unpaired) electrons. The number of ether oxygens (including phenoxy) is 2. The quantitative estimate of drug-likeness (QED) is 0.748. The zero-order valence-corrected chi connectivity index (χ0v) is 10.3. The molecule has 0 aliphatic carbocycles. The van der Waals surface area contributed by atoms with Crippen LogP contribution in [0.4, 0.5) is 0 Å². The van der Waals surface area contributed by atoms with Gasteiger partial charge in [0.15, 0.2) is 16.9 Å². The van der Waals surface area contributed by atoms with Gasteiger partial charge in [-0.25, -0.2) is 0 Å². The average Bonchev–Trinajstić information content (AvgIpc) is 2.27. The number of benzene rings is 1. The molecule has 6 nitrogen and oxygen atoms in total. The maximum absolute atomic E-state index is 10.7. The summed E-state index contributed by atoms with van der Waals surface area (Å²) in [4.78, 5) is 0. The van der Waals surface area contributed by atoms with Crippen molar-refractivity contribution in [3.63, 3.8) is 0 Å². The Morgan fingerprint density at radius 1 is 1.24 bits per heavy atom. The van der Waals surface area contributed by atoms with Crippen LogP contribution in [0.25, 0.3) is 0 Å². The number of aliphatic hydroxyl groups excluding tert-OH is 1. The van der Waals surface area contributed by atoms with E-state index >= 15 is 0 Å². The third-order valence-electron chi connectivity index (χ3n) is 2.20. The number of methoxy groups -OCH3 is 2. The first-order valence-corrected chi connectivity index (χ1v) is 6.24. The monoisotopic (exact) mass is 262 g/mol. The van der Waals surface area contributed by atoms with E-state index in [1.807, 2.05) is 0 Å². The summed E-state index contributed by atoms with van der Waals surface area (Å²) >= 11 is 0. The molecule has 0 amide bonds. The lowest BCUT2D eigenvalue weighted by atomic mass is 10.1. The molecule has 0 saturated carbocycles. The molecule has 96 valence electrons. The molecule has 0 saturated heterocycles. The van der Waals surface area contributed by atoms with Crippen LogP contribution in [0.1, 0.15) is 5.56 Å². The maximum Gasteiger partial charge on any atom is 0.292 e. The summed E-state index contributed by atoms with van der Waals surface area (Å²) in [5.41, 5.74) is -1.34. The Kier molecular flexibility index (Phi) is 4.33. The highest BCUT2D eigenvalue weighted by Crippen LogP contribution is 2.28. The molecule has 0 fully saturated rings. The van der Waals surface area contributed by atoms with Gasteiger partial charge in [0.25, 0.3) is 10.1 Å². The number of hydrogen-bond donors (Lipinski definition) is 2. The third-order valence-corrected chi connectivity index (χ3v) is 3.06. The molecule has 2 N–H and O–H groups in total. The second-order valence-electron chi connectivity index (χ2n) is 3.36. The Bertz CT molecular complexity index is 482. The van der Waals surface area contributed by atoms with Crippen molar-refractivity contribution >= 4 is 10.1 Å². The topological polar surface area (TPSA) is 93.1 Å². The number of aliphatic hydroxyl groups is 1. The highest BCUT2D eigenvalue weighted by Gasteiger charge is 2.20. The second kappa shape index (κ2) is 5.35. The van der Waals surface area contributed by atoms with Gasteiger partial charge in [0.1, 0.15) is 0 Å². The second-order valence-corrected chi connectivity index (χ2v) is 4.94. The van der Waals surface area contributed by atoms with Crippen LogP contribution in [0, 0.1) is 0 Å². The summed E-state index contributed by atoms with van der Waals surface area (Å²) in [6.07, 6.45) is -0.223. The largest absolute Gasteiger partial charge is 0.493 e. The van der Waals surface area contributed by atoms with Crippen molar-refractivity contribution in [1.29, 1.82) is 0 Å². The fraction of sp³-hybridized carbons (Fsp3) is 0.400. The Hall–Kier alpha value is -1.31. The van der Waals surface area contributed by atoms with E-state index in [4.69, 9.17) is 14.0 Å². The van der Waals surface area contributed by atoms with Gasteiger partial charge < -0.3 is 14.6 Å². The lowest BCUT2D eigenvalue weighted by molar-refractivity contribution is 0.233. The molecular weight excluding hydrogens is 248 g/mol. The van der Waals surface area contributed by atoms with Gasteiger partial charge in [-0.15, -0.1) is 0 Å². The van der Waals surface area contributed by atoms with Crippen molar-refractivity contribution < 1.29 is 27.6 Å². The minimum Gasteiger partial charge on any atom is -0.493 e. The van der Waals surface area contributed by atoms with Crippen LogP contribution in [0.3, 0.4) is 0 Å². The number of rotatable bonds is 5. The first-order valence-electron chi connectivity index (χ1n) is 4.73. The first-order chi connectivity index (χ1) is 7.88. The molecule has 1 atom stereocenters. The lowest BCUT2D eigenvalue weighted by Crippen LogP contribution is -2.22. The molecule has 1 aromatic carbocycles. The van der Waals surface area contributed by atoms with E-state index in [0.717, 1.165) is 0 Å². The predicted octanol–water partition coefficient (Wildman–Crippen LogP) is 0.452. The van der Waals surface area contributed by atoms with E-state index < -0.39 is 15.6 Å². The van der Waals surface area contributed by atoms with Gasteiger partial charge in [0.2, 0.25) is 0 Å². The molecule has 0 heterocycles. The van der Waals surface area contributed by atoms with Crippen molar-refractivity contribution in [3.8, 4) is 11.5 Å². The van der Waals surface area contributed by atoms with Crippen LogP contribution >= 0.6 is 0 Å². The molecule has 0 aliphatic heterocycles. The van der Waals surface area contributed by atoms with Gasteiger partial charge in [0, 0.05) is 6.42 Å². The lowest BCUT2D eigenvalue weighted by Gasteiger charge is -2.11. The van der Waals surface area contributed by atoms with Crippen LogP contribution in [-0.2, 0) is 16.5 Å². The Balaban J connectivity index is 2.94. The third kappa shape index (κ3) is 3.58. The highest BCUT2D eigenvalue weighted by molar-refractivity contribution is 7.86. The van der Waals surface area contributed by atoms with Gasteiger partial charge in [-0.1, -0.05) is 6.07 Å². The molecule has 17 heavy (non-hydrogen) atoms. The average molecular weight is 262 g/mol. The standard InChI is InChI=1S/C10H14O6S/c1-15-8-4-3-7(5-9(8)16-2)6-10(11)17(12,13)14/h3-5,10-11H,6H2,1-2H3,(H,12,13,14)/t10-/m0/s1. The van der Waals surface area contributed by atoms with Crippen LogP contribution in [0.15, 0.2) is 18.2 Å². The van der Waals surface area contributed by atoms with Crippen molar-refractivity contribution in [1.82, 2.24) is 0 Å². The zero-order valence-electron chi connectivity index (χ0n) is 9.45. The molecule has 0 aliphatic rings. The van der Waals surface area contributed by atoms with Gasteiger partial charge in [-0.3, -0.25) is 4.55 Å². The maximum atomic E-state index is 10.7. The van der Waals surface area contributed by atoms with Gasteiger partial charge in [-0.05, 0) is 17.7 Å². The summed E-state index contributed by atoms with van der Waals surface area (Å²) in [5.74, 6) is 0.921. The van der Waals surface area contributed by atoms with Crippen molar-refractivity contribution in [2.75, 3.05) is 14.2 Å². The Labute approximate surface area is 99.5 Å². The van der Waals surface area contributed by atoms with E-state index in [2.05, 4.69) is 0 Å². The summed E-state index contributed by atoms with van der Waals surface area (Å²) < 4.78 is 40.0. The minimum atomic E-state index is -4.45. The van der Waals surface area contributed by atoms with Crippen LogP contribution < -0.4 is 9.47 Å². The van der Waals surface area contributed by atoms with E-state index in [1.54, 1.807) is 12.1 Å². The van der Waals surface area contributed by atoms with Gasteiger partial charge >= 0.3 is 0 Å². The van der Waals surface area contributed by atoms with Crippen molar-refractivity contribution in [2.24, 2.45) is 0 Å². The Morgan fingerprint density at radius 3 is 2.29 bits per heavy atom. The Morgan fingerprint density at radius 2 is 1.82 bits per heavy atom. The zero-order chi connectivity index (χ0) is 13.1. The van der Waals surface area contributed by atoms with Crippen LogP contribution in [-0.4, -0.2) is 37.7 Å².